The third kappa shape index (κ3) is 5.77. The van der Waals surface area contributed by atoms with Crippen molar-refractivity contribution < 1.29 is 23.8 Å². The number of methoxy groups -OCH3 is 2. The summed E-state index contributed by atoms with van der Waals surface area (Å²) in [7, 11) is 3.22. The lowest BCUT2D eigenvalue weighted by Gasteiger charge is -2.43. The highest BCUT2D eigenvalue weighted by atomic mass is 16.5. The van der Waals surface area contributed by atoms with Crippen molar-refractivity contribution in [3.63, 3.8) is 0 Å². The average Bonchev–Trinajstić information content (AvgIpc) is 3.16. The number of rotatable bonds is 8. The Morgan fingerprint density at radius 3 is 2.19 bits per heavy atom. The highest BCUT2D eigenvalue weighted by Gasteiger charge is 2.43. The molecule has 4 rings (SSSR count). The molecule has 2 aromatic rings. The molecule has 0 N–H and O–H groups in total. The maximum Gasteiger partial charge on any atom is 0.250 e. The molecule has 7 heteroatoms. The quantitative estimate of drug-likeness (QED) is 0.476. The van der Waals surface area contributed by atoms with Crippen LogP contribution >= 0.6 is 0 Å². The van der Waals surface area contributed by atoms with E-state index in [0.29, 0.717) is 18.0 Å². The zero-order chi connectivity index (χ0) is 25.7. The summed E-state index contributed by atoms with van der Waals surface area (Å²) in [6.07, 6.45) is 6.46. The molecule has 0 radical (unpaired) electrons. The van der Waals surface area contributed by atoms with Crippen LogP contribution in [0.25, 0.3) is 0 Å². The predicted octanol–water partition coefficient (Wildman–Crippen LogP) is 5.13. The monoisotopic (exact) mass is 494 g/mol. The van der Waals surface area contributed by atoms with E-state index in [9.17, 15) is 9.59 Å². The van der Waals surface area contributed by atoms with E-state index >= 15 is 0 Å². The summed E-state index contributed by atoms with van der Waals surface area (Å²) < 4.78 is 16.8. The Morgan fingerprint density at radius 1 is 0.889 bits per heavy atom. The van der Waals surface area contributed by atoms with Crippen LogP contribution in [0.4, 0.5) is 0 Å². The molecule has 1 saturated carbocycles. The number of hydrogen-bond donors (Lipinski definition) is 0. The van der Waals surface area contributed by atoms with Crippen LogP contribution in [0.3, 0.4) is 0 Å². The van der Waals surface area contributed by atoms with Crippen molar-refractivity contribution in [2.45, 2.75) is 77.1 Å². The largest absolute Gasteiger partial charge is 0.497 e. The van der Waals surface area contributed by atoms with E-state index in [1.165, 1.54) is 12.8 Å². The van der Waals surface area contributed by atoms with E-state index in [0.717, 1.165) is 42.6 Å². The Kier molecular flexibility index (Phi) is 8.39. The van der Waals surface area contributed by atoms with Crippen LogP contribution in [0, 0.1) is 0 Å². The first-order valence-corrected chi connectivity index (χ1v) is 13.0. The summed E-state index contributed by atoms with van der Waals surface area (Å²) in [6.45, 7) is 4.38. The molecule has 1 aliphatic carbocycles. The fourth-order valence-corrected chi connectivity index (χ4v) is 5.26. The van der Waals surface area contributed by atoms with Gasteiger partial charge in [-0.25, -0.2) is 0 Å². The fourth-order valence-electron chi connectivity index (χ4n) is 5.26. The Labute approximate surface area is 214 Å². The molecule has 1 saturated heterocycles. The van der Waals surface area contributed by atoms with Crippen LogP contribution in [-0.4, -0.2) is 54.5 Å². The number of carbonyl (C=O) groups excluding carboxylic acids is 2. The van der Waals surface area contributed by atoms with Gasteiger partial charge in [-0.2, -0.15) is 0 Å². The topological polar surface area (TPSA) is 68.3 Å². The van der Waals surface area contributed by atoms with E-state index in [2.05, 4.69) is 0 Å². The summed E-state index contributed by atoms with van der Waals surface area (Å²) in [5.74, 6) is 1.86. The van der Waals surface area contributed by atoms with Crippen LogP contribution in [0.2, 0.25) is 0 Å². The molecule has 0 bridgehead atoms. The van der Waals surface area contributed by atoms with Gasteiger partial charge in [0.05, 0.1) is 20.3 Å². The van der Waals surface area contributed by atoms with Gasteiger partial charge in [-0.1, -0.05) is 43.9 Å². The molecule has 1 unspecified atom stereocenters. The maximum absolute atomic E-state index is 14.1. The van der Waals surface area contributed by atoms with Crippen molar-refractivity contribution in [1.82, 2.24) is 9.80 Å². The summed E-state index contributed by atoms with van der Waals surface area (Å²) in [5.41, 5.74) is 1.67. The highest BCUT2D eigenvalue weighted by Crippen LogP contribution is 2.37. The Balaban J connectivity index is 1.70. The third-order valence-electron chi connectivity index (χ3n) is 7.10. The minimum absolute atomic E-state index is 0.0139. The molecular formula is C29H38N2O5. The first-order valence-electron chi connectivity index (χ1n) is 13.0. The van der Waals surface area contributed by atoms with Crippen molar-refractivity contribution in [3.05, 3.63) is 53.6 Å². The van der Waals surface area contributed by atoms with Crippen LogP contribution in [0.5, 0.6) is 17.2 Å². The first kappa shape index (κ1) is 25.9. The zero-order valence-electron chi connectivity index (χ0n) is 21.9. The molecule has 0 spiro atoms. The van der Waals surface area contributed by atoms with Crippen LogP contribution < -0.4 is 14.2 Å². The summed E-state index contributed by atoms with van der Waals surface area (Å²) in [6, 6.07) is 12.6. The van der Waals surface area contributed by atoms with Gasteiger partial charge >= 0.3 is 0 Å². The lowest BCUT2D eigenvalue weighted by molar-refractivity contribution is -0.159. The Bertz CT molecular complexity index is 1040. The van der Waals surface area contributed by atoms with Crippen molar-refractivity contribution >= 4 is 11.8 Å². The molecule has 7 nitrogen and oxygen atoms in total. The van der Waals surface area contributed by atoms with Gasteiger partial charge in [0.2, 0.25) is 5.91 Å². The van der Waals surface area contributed by atoms with Crippen molar-refractivity contribution in [2.24, 2.45) is 0 Å². The van der Waals surface area contributed by atoms with Crippen molar-refractivity contribution in [2.75, 3.05) is 20.8 Å². The molecule has 1 aliphatic heterocycles. The van der Waals surface area contributed by atoms with Gasteiger partial charge in [0.25, 0.3) is 5.91 Å². The second-order valence-corrected chi connectivity index (χ2v) is 9.96. The van der Waals surface area contributed by atoms with Crippen molar-refractivity contribution in [1.29, 1.82) is 0 Å². The molecule has 194 valence electrons. The molecule has 2 amide bonds. The minimum atomic E-state index is -0.724. The Hall–Kier alpha value is -3.22. The number of nitrogens with zero attached hydrogens (tertiary/aromatic N) is 2. The van der Waals surface area contributed by atoms with Crippen molar-refractivity contribution in [3.8, 4) is 17.2 Å². The number of piperazine rings is 1. The SMILES string of the molecule is COc1ccc(CN2C(=O)CN(C3CCCCCC3)C(=O)C2c2ccc(OC(C)C)c(OC)c2)cc1. The first-order chi connectivity index (χ1) is 17.4. The molecular weight excluding hydrogens is 456 g/mol. The Morgan fingerprint density at radius 2 is 1.58 bits per heavy atom. The highest BCUT2D eigenvalue weighted by molar-refractivity contribution is 5.96. The van der Waals surface area contributed by atoms with Gasteiger partial charge in [-0.3, -0.25) is 9.59 Å². The van der Waals surface area contributed by atoms with Gasteiger partial charge in [0, 0.05) is 12.6 Å². The minimum Gasteiger partial charge on any atom is -0.497 e. The van der Waals surface area contributed by atoms with Crippen LogP contribution in [0.1, 0.15) is 69.5 Å². The summed E-state index contributed by atoms with van der Waals surface area (Å²) >= 11 is 0. The van der Waals surface area contributed by atoms with E-state index in [-0.39, 0.29) is 30.5 Å². The molecule has 36 heavy (non-hydrogen) atoms. The maximum atomic E-state index is 14.1. The summed E-state index contributed by atoms with van der Waals surface area (Å²) in [5, 5.41) is 0. The predicted molar refractivity (Wildman–Crippen MR) is 138 cm³/mol. The summed E-state index contributed by atoms with van der Waals surface area (Å²) in [4.78, 5) is 31.2. The second-order valence-electron chi connectivity index (χ2n) is 9.96. The third-order valence-corrected chi connectivity index (χ3v) is 7.10. The molecule has 2 fully saturated rings. The van der Waals surface area contributed by atoms with Gasteiger partial charge in [-0.15, -0.1) is 0 Å². The number of benzene rings is 2. The molecule has 1 heterocycles. The molecule has 1 atom stereocenters. The lowest BCUT2D eigenvalue weighted by Crippen LogP contribution is -2.57. The number of hydrogen-bond acceptors (Lipinski definition) is 5. The normalized spacial score (nSPS) is 19.4. The number of carbonyl (C=O) groups is 2. The van der Waals surface area contributed by atoms with E-state index < -0.39 is 6.04 Å². The van der Waals surface area contributed by atoms with E-state index in [1.807, 2.05) is 61.2 Å². The van der Waals surface area contributed by atoms with E-state index in [4.69, 9.17) is 14.2 Å². The molecule has 2 aliphatic rings. The number of amides is 2. The van der Waals surface area contributed by atoms with Crippen LogP contribution in [-0.2, 0) is 16.1 Å². The lowest BCUT2D eigenvalue weighted by atomic mass is 9.96. The second kappa shape index (κ2) is 11.7. The average molecular weight is 495 g/mol. The van der Waals surface area contributed by atoms with Gasteiger partial charge in [-0.05, 0) is 62.1 Å². The van der Waals surface area contributed by atoms with Gasteiger partial charge < -0.3 is 24.0 Å². The fraction of sp³-hybridized carbons (Fsp3) is 0.517. The molecule has 2 aromatic carbocycles. The zero-order valence-corrected chi connectivity index (χ0v) is 21.9. The van der Waals surface area contributed by atoms with Gasteiger partial charge in [0.15, 0.2) is 11.5 Å². The van der Waals surface area contributed by atoms with E-state index in [1.54, 1.807) is 19.1 Å². The van der Waals surface area contributed by atoms with Crippen LogP contribution in [0.15, 0.2) is 42.5 Å². The van der Waals surface area contributed by atoms with Gasteiger partial charge in [0.1, 0.15) is 18.3 Å². The molecule has 0 aromatic heterocycles. The standard InChI is InChI=1S/C29H38N2O5/c1-20(2)36-25-16-13-22(17-26(25)35-4)28-29(33)30(23-9-7-5-6-8-10-23)19-27(32)31(28)18-21-11-14-24(34-3)15-12-21/h11-17,20,23,28H,5-10,18-19H2,1-4H3. The number of ether oxygens (including phenoxy) is 3. The smallest absolute Gasteiger partial charge is 0.250 e.